The van der Waals surface area contributed by atoms with Crippen molar-refractivity contribution < 1.29 is 32.0 Å². The number of likely N-dealkylation sites (tertiary alicyclic amines) is 1. The summed E-state index contributed by atoms with van der Waals surface area (Å²) >= 11 is 3.51. The molecule has 2 aromatic carbocycles. The number of phenolic OH excluding ortho intramolecular Hbond substituents is 1. The number of hydrogen-bond donors (Lipinski definition) is 1. The van der Waals surface area contributed by atoms with Crippen molar-refractivity contribution in [1.82, 2.24) is 9.47 Å². The Balaban J connectivity index is 1.84. The first-order valence-corrected chi connectivity index (χ1v) is 14.0. The number of benzene rings is 2. The smallest absolute Gasteiger partial charge is 0.416 e. The van der Waals surface area contributed by atoms with E-state index in [9.17, 15) is 27.3 Å². The first-order valence-electron chi connectivity index (χ1n) is 12.5. The maximum absolute atomic E-state index is 13.6. The van der Waals surface area contributed by atoms with Crippen molar-refractivity contribution in [3.63, 3.8) is 0 Å². The summed E-state index contributed by atoms with van der Waals surface area (Å²) in [6, 6.07) is 6.24. The molecule has 38 heavy (non-hydrogen) atoms. The molecule has 1 aliphatic carbocycles. The zero-order valence-electron chi connectivity index (χ0n) is 20.6. The van der Waals surface area contributed by atoms with Crippen molar-refractivity contribution in [3.05, 3.63) is 62.8 Å². The minimum absolute atomic E-state index is 0.00462. The lowest BCUT2D eigenvalue weighted by Gasteiger charge is -2.18. The molecule has 2 aliphatic rings. The number of fused-ring (bicyclic) bond motifs is 1. The Bertz CT molecular complexity index is 1470. The minimum Gasteiger partial charge on any atom is -0.506 e. The number of aromatic nitrogens is 1. The average molecular weight is 611 g/mol. The van der Waals surface area contributed by atoms with Gasteiger partial charge >= 0.3 is 12.1 Å². The fourth-order valence-corrected chi connectivity index (χ4v) is 6.18. The number of halogens is 4. The van der Waals surface area contributed by atoms with Gasteiger partial charge in [-0.3, -0.25) is 4.90 Å². The Morgan fingerprint density at radius 1 is 1.21 bits per heavy atom. The second-order valence-corrected chi connectivity index (χ2v) is 11.0. The second kappa shape index (κ2) is 10.5. The highest BCUT2D eigenvalue weighted by molar-refractivity contribution is 9.10. The molecule has 11 heteroatoms. The molecule has 1 aromatic heterocycles. The van der Waals surface area contributed by atoms with Crippen LogP contribution in [0.25, 0.3) is 10.9 Å². The molecule has 0 bridgehead atoms. The summed E-state index contributed by atoms with van der Waals surface area (Å²) in [7, 11) is 0. The van der Waals surface area contributed by atoms with Crippen molar-refractivity contribution in [2.24, 2.45) is 0 Å². The summed E-state index contributed by atoms with van der Waals surface area (Å²) in [6.07, 6.45) is -0.966. The van der Waals surface area contributed by atoms with Gasteiger partial charge in [-0.2, -0.15) is 13.2 Å². The predicted molar refractivity (Wildman–Crippen MR) is 143 cm³/mol. The molecule has 0 amide bonds. The van der Waals surface area contributed by atoms with E-state index in [4.69, 9.17) is 4.74 Å². The van der Waals surface area contributed by atoms with Gasteiger partial charge in [-0.1, -0.05) is 12.1 Å². The van der Waals surface area contributed by atoms with Crippen LogP contribution in [0.3, 0.4) is 0 Å². The van der Waals surface area contributed by atoms with Crippen LogP contribution >= 0.6 is 15.9 Å². The standard InChI is InChI=1S/C27H26BrF3N2O4S/c1-2-37-26(35)22-21-18(14-32-10-3-4-11-32)24(34)19(28)13-20(21)33(17-8-9-17)23(22)25(38-36)15-6-5-7-16(12-15)27(29,30)31/h5-7,12-13,17,34H,2-4,8-11,14H2,1H3. The Labute approximate surface area is 229 Å². The third-order valence-electron chi connectivity index (χ3n) is 7.04. The number of hydrogen-bond acceptors (Lipinski definition) is 5. The second-order valence-electron chi connectivity index (χ2n) is 9.60. The van der Waals surface area contributed by atoms with Gasteiger partial charge < -0.3 is 14.4 Å². The summed E-state index contributed by atoms with van der Waals surface area (Å²) in [5.41, 5.74) is 0.673. The highest BCUT2D eigenvalue weighted by Crippen LogP contribution is 2.47. The molecule has 1 saturated heterocycles. The van der Waals surface area contributed by atoms with Gasteiger partial charge in [0.15, 0.2) is 0 Å². The topological polar surface area (TPSA) is 71.8 Å². The third-order valence-corrected chi connectivity index (χ3v) is 8.24. The molecular formula is C27H26BrF3N2O4S. The normalized spacial score (nSPS) is 16.2. The largest absolute Gasteiger partial charge is 0.506 e. The molecule has 0 radical (unpaired) electrons. The van der Waals surface area contributed by atoms with Crippen LogP contribution in [0.1, 0.15) is 71.4 Å². The molecule has 1 N–H and O–H groups in total. The molecule has 3 aromatic rings. The zero-order valence-corrected chi connectivity index (χ0v) is 23.0. The van der Waals surface area contributed by atoms with E-state index in [1.807, 2.05) is 4.57 Å². The Morgan fingerprint density at radius 2 is 1.92 bits per heavy atom. The summed E-state index contributed by atoms with van der Waals surface area (Å²) in [4.78, 5) is 15.7. The lowest BCUT2D eigenvalue weighted by Crippen LogP contribution is -2.19. The monoisotopic (exact) mass is 610 g/mol. The van der Waals surface area contributed by atoms with Crippen LogP contribution in [0, 0.1) is 0 Å². The van der Waals surface area contributed by atoms with Gasteiger partial charge in [0.05, 0.1) is 49.5 Å². The van der Waals surface area contributed by atoms with Crippen molar-refractivity contribution in [1.29, 1.82) is 0 Å². The van der Waals surface area contributed by atoms with Gasteiger partial charge in [0.1, 0.15) is 5.75 Å². The van der Waals surface area contributed by atoms with E-state index in [2.05, 4.69) is 20.8 Å². The molecule has 2 heterocycles. The highest BCUT2D eigenvalue weighted by Gasteiger charge is 2.38. The number of carbonyl (C=O) groups excluding carboxylic acids is 1. The van der Waals surface area contributed by atoms with E-state index in [1.165, 1.54) is 12.1 Å². The van der Waals surface area contributed by atoms with Crippen LogP contribution in [0.15, 0.2) is 34.8 Å². The van der Waals surface area contributed by atoms with Gasteiger partial charge in [-0.15, -0.1) is 0 Å². The maximum atomic E-state index is 13.6. The summed E-state index contributed by atoms with van der Waals surface area (Å²) in [6.45, 7) is 3.80. The number of phenols is 1. The van der Waals surface area contributed by atoms with Gasteiger partial charge in [0.2, 0.25) is 0 Å². The van der Waals surface area contributed by atoms with E-state index in [1.54, 1.807) is 13.0 Å². The number of esters is 1. The number of alkyl halides is 3. The van der Waals surface area contributed by atoms with Crippen LogP contribution in [-0.4, -0.2) is 49.3 Å². The van der Waals surface area contributed by atoms with Crippen molar-refractivity contribution in [3.8, 4) is 5.75 Å². The molecule has 2 fully saturated rings. The first kappa shape index (κ1) is 27.0. The Kier molecular flexibility index (Phi) is 7.45. The summed E-state index contributed by atoms with van der Waals surface area (Å²) < 4.78 is 61.1. The van der Waals surface area contributed by atoms with E-state index in [-0.39, 0.29) is 51.3 Å². The molecule has 0 unspecified atom stereocenters. The van der Waals surface area contributed by atoms with Crippen LogP contribution < -0.4 is 0 Å². The summed E-state index contributed by atoms with van der Waals surface area (Å²) in [5.74, 6) is -0.695. The Hall–Kier alpha value is -2.63. The van der Waals surface area contributed by atoms with E-state index in [0.29, 0.717) is 27.5 Å². The van der Waals surface area contributed by atoms with E-state index < -0.39 is 17.7 Å². The van der Waals surface area contributed by atoms with E-state index >= 15 is 0 Å². The van der Waals surface area contributed by atoms with Crippen molar-refractivity contribution >= 4 is 48.9 Å². The van der Waals surface area contributed by atoms with Gasteiger partial charge in [-0.25, -0.2) is 9.00 Å². The fraction of sp³-hybridized carbons (Fsp3) is 0.407. The fourth-order valence-electron chi connectivity index (χ4n) is 5.22. The van der Waals surface area contributed by atoms with Crippen LogP contribution in [0.4, 0.5) is 13.2 Å². The lowest BCUT2D eigenvalue weighted by molar-refractivity contribution is -0.137. The molecule has 1 aliphatic heterocycles. The third kappa shape index (κ3) is 4.91. The number of rotatable bonds is 7. The molecular weight excluding hydrogens is 585 g/mol. The molecule has 5 rings (SSSR count). The number of ether oxygens (including phenoxy) is 1. The van der Waals surface area contributed by atoms with Gasteiger partial charge in [0, 0.05) is 23.5 Å². The molecule has 6 nitrogen and oxygen atoms in total. The van der Waals surface area contributed by atoms with Crippen LogP contribution in [-0.2, 0) is 28.7 Å². The summed E-state index contributed by atoms with van der Waals surface area (Å²) in [5, 5.41) is 11.6. The van der Waals surface area contributed by atoms with Gasteiger partial charge in [0.25, 0.3) is 0 Å². The SMILES string of the molecule is CCOC(=O)c1c(C(=S=O)c2cccc(C(F)(F)F)c2)n(C2CC2)c2cc(Br)c(O)c(CN3CCCC3)c12. The molecule has 1 saturated carbocycles. The predicted octanol–water partition coefficient (Wildman–Crippen LogP) is 6.02. The number of carbonyl (C=O) groups is 1. The molecule has 0 atom stereocenters. The van der Waals surface area contributed by atoms with Gasteiger partial charge in [-0.05, 0) is 85.4 Å². The quantitative estimate of drug-likeness (QED) is 0.201. The number of aromatic hydroxyl groups is 1. The van der Waals surface area contributed by atoms with Crippen LogP contribution in [0.5, 0.6) is 5.75 Å². The minimum atomic E-state index is -4.60. The zero-order chi connectivity index (χ0) is 27.2. The van der Waals surface area contributed by atoms with E-state index in [0.717, 1.165) is 50.9 Å². The van der Waals surface area contributed by atoms with Crippen molar-refractivity contribution in [2.75, 3.05) is 19.7 Å². The highest BCUT2D eigenvalue weighted by atomic mass is 79.9. The molecule has 0 spiro atoms. The number of nitrogens with zero attached hydrogens (tertiary/aromatic N) is 2. The molecule has 202 valence electrons. The average Bonchev–Trinajstić information content (AvgIpc) is 3.47. The van der Waals surface area contributed by atoms with Crippen LogP contribution in [0.2, 0.25) is 0 Å². The Morgan fingerprint density at radius 3 is 2.53 bits per heavy atom. The maximum Gasteiger partial charge on any atom is 0.416 e. The first-order chi connectivity index (χ1) is 18.2. The lowest BCUT2D eigenvalue weighted by atomic mass is 9.99. The van der Waals surface area contributed by atoms with Crippen molar-refractivity contribution in [2.45, 2.75) is 51.4 Å².